The molecule has 2 nitrogen and oxygen atoms in total. The molecule has 0 fully saturated rings. The summed E-state index contributed by atoms with van der Waals surface area (Å²) in [5.74, 6) is 0. The van der Waals surface area contributed by atoms with Gasteiger partial charge in [-0.3, -0.25) is 0 Å². The van der Waals surface area contributed by atoms with E-state index in [1.165, 1.54) is 10.6 Å². The molecule has 0 amide bonds. The van der Waals surface area contributed by atoms with Gasteiger partial charge in [-0.05, 0) is 18.5 Å². The summed E-state index contributed by atoms with van der Waals surface area (Å²) in [6.45, 7) is 0.345. The maximum absolute atomic E-state index is 10.6. The molecule has 0 aliphatic rings. The fourth-order valence-corrected chi connectivity index (χ4v) is 4.07. The van der Waals surface area contributed by atoms with Crippen LogP contribution in [0.5, 0.6) is 0 Å². The first-order valence-corrected chi connectivity index (χ1v) is 7.88. The summed E-state index contributed by atoms with van der Waals surface area (Å²) >= 11 is 5.20. The van der Waals surface area contributed by atoms with Crippen LogP contribution < -0.4 is 10.6 Å². The summed E-state index contributed by atoms with van der Waals surface area (Å²) < 4.78 is 4.86. The summed E-state index contributed by atoms with van der Waals surface area (Å²) in [7, 11) is -0.517. The van der Waals surface area contributed by atoms with Crippen molar-refractivity contribution < 1.29 is 9.53 Å². The molecule has 0 unspecified atom stereocenters. The second-order valence-electron chi connectivity index (χ2n) is 3.91. The molecule has 2 aromatic carbocycles. The molecule has 2 aromatic rings. The average molecular weight is 307 g/mol. The smallest absolute Gasteiger partial charge is 0.403 e. The number of carbonyl (C=O) groups is 1. The number of benzene rings is 2. The monoisotopic (exact) mass is 306 g/mol. The van der Waals surface area contributed by atoms with Crippen molar-refractivity contribution >= 4 is 44.0 Å². The lowest BCUT2D eigenvalue weighted by Crippen LogP contribution is -2.16. The predicted molar refractivity (Wildman–Crippen MR) is 91.1 cm³/mol. The molecule has 0 bridgehead atoms. The Bertz CT molecular complexity index is 482. The van der Waals surface area contributed by atoms with Crippen molar-refractivity contribution in [2.45, 2.75) is 0 Å². The molecule has 0 N–H and O–H groups in total. The molecule has 0 radical (unpaired) electrons. The van der Waals surface area contributed by atoms with Gasteiger partial charge in [-0.25, -0.2) is 4.79 Å². The Morgan fingerprint density at radius 2 is 1.40 bits per heavy atom. The number of halogens is 1. The Kier molecular flexibility index (Phi) is 7.36. The highest BCUT2D eigenvalue weighted by Gasteiger charge is 2.13. The Hall–Kier alpha value is -1.31. The second-order valence-corrected chi connectivity index (χ2v) is 6.55. The summed E-state index contributed by atoms with van der Waals surface area (Å²) in [4.78, 5) is 10.6. The van der Waals surface area contributed by atoms with E-state index in [2.05, 4.69) is 24.3 Å². The highest BCUT2D eigenvalue weighted by atomic mass is 35.5. The van der Waals surface area contributed by atoms with Crippen LogP contribution in [0.25, 0.3) is 0 Å². The molecule has 2 rings (SSSR count). The molecule has 0 aromatic heterocycles. The van der Waals surface area contributed by atoms with Crippen molar-refractivity contribution in [2.75, 3.05) is 12.8 Å². The molecule has 0 aliphatic heterocycles. The van der Waals surface area contributed by atoms with Gasteiger partial charge < -0.3 is 4.74 Å². The fraction of sp³-hybridized carbons (Fsp3) is 0.133. The van der Waals surface area contributed by atoms with Gasteiger partial charge in [-0.2, -0.15) is 0 Å². The van der Waals surface area contributed by atoms with Gasteiger partial charge >= 0.3 is 5.43 Å². The molecular weight excluding hydrogens is 289 g/mol. The number of hydrogen-bond acceptors (Lipinski definition) is 2. The first kappa shape index (κ1) is 16.7. The van der Waals surface area contributed by atoms with Gasteiger partial charge in [0.05, 0.1) is 15.0 Å². The van der Waals surface area contributed by atoms with E-state index in [0.29, 0.717) is 6.61 Å². The number of rotatable bonds is 5. The van der Waals surface area contributed by atoms with Crippen LogP contribution in [0.2, 0.25) is 0 Å². The third kappa shape index (κ3) is 4.99. The van der Waals surface area contributed by atoms with Crippen molar-refractivity contribution in [3.63, 3.8) is 0 Å². The van der Waals surface area contributed by atoms with Crippen LogP contribution in [-0.2, 0) is 4.74 Å². The van der Waals surface area contributed by atoms with Crippen LogP contribution in [0.4, 0.5) is 4.79 Å². The lowest BCUT2D eigenvalue weighted by Gasteiger charge is -2.18. The highest BCUT2D eigenvalue weighted by molar-refractivity contribution is 7.73. The van der Waals surface area contributed by atoms with Crippen molar-refractivity contribution in [2.24, 2.45) is 0 Å². The topological polar surface area (TPSA) is 26.3 Å². The second kappa shape index (κ2) is 8.78. The van der Waals surface area contributed by atoms with Gasteiger partial charge in [0.2, 0.25) is 0 Å². The summed E-state index contributed by atoms with van der Waals surface area (Å²) in [5.41, 5.74) is -0.740. The van der Waals surface area contributed by atoms with E-state index in [1.54, 1.807) is 0 Å². The average Bonchev–Trinajstić information content (AvgIpc) is 2.45. The van der Waals surface area contributed by atoms with Crippen molar-refractivity contribution in [3.05, 3.63) is 60.7 Å². The SMILES string of the molecule is B.O=C(Cl)OCCP(c1ccccc1)c1ccccc1. The minimum Gasteiger partial charge on any atom is -0.453 e. The molecule has 0 aliphatic carbocycles. The third-order valence-electron chi connectivity index (χ3n) is 2.67. The molecule has 5 heteroatoms. The van der Waals surface area contributed by atoms with Crippen LogP contribution in [0, 0.1) is 0 Å². The minimum atomic E-state index is -0.740. The van der Waals surface area contributed by atoms with E-state index in [9.17, 15) is 4.79 Å². The standard InChI is InChI=1S/C15H14ClO2P.BH3/c16-15(17)18-11-12-19(13-7-3-1-4-8-13)14-9-5-2-6-10-14;/h1-10H,11-12H2;1H3. The van der Waals surface area contributed by atoms with Gasteiger partial charge in [0, 0.05) is 17.8 Å². The first-order chi connectivity index (χ1) is 9.27. The van der Waals surface area contributed by atoms with Gasteiger partial charge in [0.15, 0.2) is 0 Å². The molecule has 0 heterocycles. The van der Waals surface area contributed by atoms with E-state index in [0.717, 1.165) is 6.16 Å². The van der Waals surface area contributed by atoms with Crippen LogP contribution in [0.15, 0.2) is 60.7 Å². The molecule has 0 spiro atoms. The Morgan fingerprint density at radius 1 is 0.950 bits per heavy atom. The van der Waals surface area contributed by atoms with Crippen LogP contribution in [0.1, 0.15) is 0 Å². The Balaban J connectivity index is 0.00000200. The molecule has 0 saturated carbocycles. The van der Waals surface area contributed by atoms with Crippen molar-refractivity contribution in [3.8, 4) is 0 Å². The van der Waals surface area contributed by atoms with E-state index < -0.39 is 13.4 Å². The number of ether oxygens (including phenoxy) is 1. The van der Waals surface area contributed by atoms with Gasteiger partial charge in [-0.1, -0.05) is 60.7 Å². The van der Waals surface area contributed by atoms with Crippen LogP contribution >= 0.6 is 19.5 Å². The maximum Gasteiger partial charge on any atom is 0.403 e. The fourth-order valence-electron chi connectivity index (χ4n) is 1.84. The summed E-state index contributed by atoms with van der Waals surface area (Å²) in [5, 5.41) is 2.55. The largest absolute Gasteiger partial charge is 0.453 e. The van der Waals surface area contributed by atoms with Crippen molar-refractivity contribution in [1.82, 2.24) is 0 Å². The van der Waals surface area contributed by atoms with Gasteiger partial charge in [0.1, 0.15) is 0 Å². The lowest BCUT2D eigenvalue weighted by atomic mass is 10.4. The quantitative estimate of drug-likeness (QED) is 0.481. The third-order valence-corrected chi connectivity index (χ3v) is 5.25. The van der Waals surface area contributed by atoms with Crippen LogP contribution in [-0.4, -0.2) is 26.6 Å². The summed E-state index contributed by atoms with van der Waals surface area (Å²) in [6.07, 6.45) is 0.780. The van der Waals surface area contributed by atoms with E-state index in [4.69, 9.17) is 16.3 Å². The summed E-state index contributed by atoms with van der Waals surface area (Å²) in [6, 6.07) is 20.6. The first-order valence-electron chi connectivity index (χ1n) is 5.97. The molecule has 104 valence electrons. The minimum absolute atomic E-state index is 0. The molecule has 0 atom stereocenters. The number of hydrogen-bond donors (Lipinski definition) is 0. The predicted octanol–water partition coefficient (Wildman–Crippen LogP) is 2.31. The Labute approximate surface area is 127 Å². The normalized spacial score (nSPS) is 9.90. The van der Waals surface area contributed by atoms with E-state index in [1.807, 2.05) is 36.4 Å². The lowest BCUT2D eigenvalue weighted by molar-refractivity contribution is 0.181. The van der Waals surface area contributed by atoms with Gasteiger partial charge in [-0.15, -0.1) is 0 Å². The molecule has 0 saturated heterocycles. The van der Waals surface area contributed by atoms with Gasteiger partial charge in [0.25, 0.3) is 0 Å². The van der Waals surface area contributed by atoms with E-state index >= 15 is 0 Å². The zero-order valence-electron chi connectivity index (χ0n) is 10.3. The van der Waals surface area contributed by atoms with Crippen molar-refractivity contribution in [1.29, 1.82) is 0 Å². The zero-order valence-corrected chi connectivity index (χ0v) is 12.0. The van der Waals surface area contributed by atoms with Crippen LogP contribution in [0.3, 0.4) is 0 Å². The number of carbonyl (C=O) groups excluding carboxylic acids is 1. The maximum atomic E-state index is 10.6. The molecular formula is C15H17BClO2P. The van der Waals surface area contributed by atoms with E-state index in [-0.39, 0.29) is 8.41 Å². The zero-order chi connectivity index (χ0) is 13.5. The highest BCUT2D eigenvalue weighted by Crippen LogP contribution is 2.32. The molecule has 20 heavy (non-hydrogen) atoms. The Morgan fingerprint density at radius 3 is 1.80 bits per heavy atom.